The van der Waals surface area contributed by atoms with E-state index in [4.69, 9.17) is 22.7 Å². The molecule has 0 heterocycles. The molecule has 18 heavy (non-hydrogen) atoms. The Morgan fingerprint density at radius 3 is 2.61 bits per heavy atom. The Kier molecular flexibility index (Phi) is 6.14. The molecule has 5 heteroatoms. The molecule has 98 valence electrons. The van der Waals surface area contributed by atoms with Gasteiger partial charge in [-0.05, 0) is 19.1 Å². The molecule has 0 aliphatic heterocycles. The minimum absolute atomic E-state index is 0.00114. The van der Waals surface area contributed by atoms with E-state index in [-0.39, 0.29) is 5.91 Å². The lowest BCUT2D eigenvalue weighted by Crippen LogP contribution is -2.38. The monoisotopic (exact) mass is 266 g/mol. The molecular weight excluding hydrogens is 248 g/mol. The fourth-order valence-corrected chi connectivity index (χ4v) is 1.65. The topological polar surface area (TPSA) is 55.6 Å². The van der Waals surface area contributed by atoms with Gasteiger partial charge >= 0.3 is 0 Å². The van der Waals surface area contributed by atoms with Crippen molar-refractivity contribution in [2.75, 3.05) is 19.7 Å². The second kappa shape index (κ2) is 7.66. The summed E-state index contributed by atoms with van der Waals surface area (Å²) in [5.74, 6) is 0.768. The van der Waals surface area contributed by atoms with Crippen molar-refractivity contribution >= 4 is 23.1 Å². The summed E-state index contributed by atoms with van der Waals surface area (Å²) in [5.41, 5.74) is 5.43. The van der Waals surface area contributed by atoms with E-state index in [0.717, 1.165) is 5.75 Å². The second-order valence-corrected chi connectivity index (χ2v) is 4.31. The zero-order chi connectivity index (χ0) is 13.4. The standard InChI is InChI=1S/C13H18N2O2S/c1-2-15(10-12(14)18)13(16)8-9-17-11-6-4-3-5-7-11/h3-7H,2,8-10H2,1H3,(H2,14,18). The van der Waals surface area contributed by atoms with Crippen molar-refractivity contribution in [3.63, 3.8) is 0 Å². The normalized spacial score (nSPS) is 9.83. The largest absolute Gasteiger partial charge is 0.493 e. The number of hydrogen-bond donors (Lipinski definition) is 1. The van der Waals surface area contributed by atoms with Crippen LogP contribution in [-0.4, -0.2) is 35.5 Å². The number of ether oxygens (including phenoxy) is 1. The molecule has 1 aromatic carbocycles. The average molecular weight is 266 g/mol. The number of carbonyl (C=O) groups excluding carboxylic acids is 1. The van der Waals surface area contributed by atoms with Gasteiger partial charge in [0.2, 0.25) is 5.91 Å². The fraction of sp³-hybridized carbons (Fsp3) is 0.385. The number of para-hydroxylation sites is 1. The van der Waals surface area contributed by atoms with Crippen molar-refractivity contribution in [1.29, 1.82) is 0 Å². The summed E-state index contributed by atoms with van der Waals surface area (Å²) in [7, 11) is 0. The summed E-state index contributed by atoms with van der Waals surface area (Å²) >= 11 is 4.80. The average Bonchev–Trinajstić information content (AvgIpc) is 2.36. The van der Waals surface area contributed by atoms with Crippen molar-refractivity contribution in [2.45, 2.75) is 13.3 Å². The molecule has 0 atom stereocenters. The highest BCUT2D eigenvalue weighted by molar-refractivity contribution is 7.80. The fourth-order valence-electron chi connectivity index (χ4n) is 1.50. The first-order chi connectivity index (χ1) is 8.63. The molecule has 0 saturated heterocycles. The van der Waals surface area contributed by atoms with Crippen LogP contribution in [0.2, 0.25) is 0 Å². The summed E-state index contributed by atoms with van der Waals surface area (Å²) < 4.78 is 5.46. The van der Waals surface area contributed by atoms with Crippen LogP contribution in [0.5, 0.6) is 5.75 Å². The molecular formula is C13H18N2O2S. The number of carbonyl (C=O) groups is 1. The summed E-state index contributed by atoms with van der Waals surface area (Å²) in [5, 5.41) is 0. The van der Waals surface area contributed by atoms with Gasteiger partial charge in [-0.15, -0.1) is 0 Å². The smallest absolute Gasteiger partial charge is 0.226 e. The van der Waals surface area contributed by atoms with Gasteiger partial charge in [-0.3, -0.25) is 4.79 Å². The van der Waals surface area contributed by atoms with Gasteiger partial charge in [0, 0.05) is 6.54 Å². The first kappa shape index (κ1) is 14.4. The van der Waals surface area contributed by atoms with E-state index < -0.39 is 0 Å². The van der Waals surface area contributed by atoms with Gasteiger partial charge in [-0.1, -0.05) is 30.4 Å². The van der Waals surface area contributed by atoms with Crippen molar-refractivity contribution in [3.05, 3.63) is 30.3 Å². The molecule has 1 amide bonds. The van der Waals surface area contributed by atoms with Crippen molar-refractivity contribution < 1.29 is 9.53 Å². The molecule has 0 aromatic heterocycles. The molecule has 0 aliphatic carbocycles. The van der Waals surface area contributed by atoms with Crippen molar-refractivity contribution in [2.24, 2.45) is 5.73 Å². The number of nitrogens with zero attached hydrogens (tertiary/aromatic N) is 1. The van der Waals surface area contributed by atoms with Crippen LogP contribution in [-0.2, 0) is 4.79 Å². The molecule has 0 aliphatic rings. The third kappa shape index (κ3) is 5.14. The van der Waals surface area contributed by atoms with Gasteiger partial charge in [0.15, 0.2) is 0 Å². The van der Waals surface area contributed by atoms with Gasteiger partial charge in [0.25, 0.3) is 0 Å². The van der Waals surface area contributed by atoms with Crippen LogP contribution in [0, 0.1) is 0 Å². The van der Waals surface area contributed by atoms with E-state index >= 15 is 0 Å². The van der Waals surface area contributed by atoms with Crippen LogP contribution in [0.1, 0.15) is 13.3 Å². The lowest BCUT2D eigenvalue weighted by molar-refractivity contribution is -0.130. The Bertz CT molecular complexity index is 395. The van der Waals surface area contributed by atoms with Crippen LogP contribution in [0.15, 0.2) is 30.3 Å². The molecule has 0 saturated carbocycles. The number of likely N-dealkylation sites (N-methyl/N-ethyl adjacent to an activating group) is 1. The van der Waals surface area contributed by atoms with Gasteiger partial charge < -0.3 is 15.4 Å². The number of rotatable bonds is 7. The van der Waals surface area contributed by atoms with E-state index in [1.54, 1.807) is 4.90 Å². The Morgan fingerprint density at radius 2 is 2.06 bits per heavy atom. The summed E-state index contributed by atoms with van der Waals surface area (Å²) in [4.78, 5) is 13.8. The van der Waals surface area contributed by atoms with Crippen LogP contribution in [0.3, 0.4) is 0 Å². The Hall–Kier alpha value is -1.62. The Morgan fingerprint density at radius 1 is 1.39 bits per heavy atom. The Balaban J connectivity index is 2.34. The zero-order valence-corrected chi connectivity index (χ0v) is 11.3. The van der Waals surface area contributed by atoms with E-state index in [1.165, 1.54) is 0 Å². The molecule has 2 N–H and O–H groups in total. The predicted molar refractivity (Wildman–Crippen MR) is 75.6 cm³/mol. The molecule has 0 bridgehead atoms. The highest BCUT2D eigenvalue weighted by atomic mass is 32.1. The number of thiocarbonyl (C=S) groups is 1. The summed E-state index contributed by atoms with van der Waals surface area (Å²) in [6, 6.07) is 9.41. The number of amides is 1. The van der Waals surface area contributed by atoms with Gasteiger partial charge in [-0.25, -0.2) is 0 Å². The van der Waals surface area contributed by atoms with E-state index in [1.807, 2.05) is 37.3 Å². The molecule has 1 rings (SSSR count). The van der Waals surface area contributed by atoms with Gasteiger partial charge in [0.05, 0.1) is 24.6 Å². The number of benzene rings is 1. The molecule has 0 unspecified atom stereocenters. The third-order valence-corrected chi connectivity index (χ3v) is 2.54. The number of nitrogens with two attached hydrogens (primary N) is 1. The summed E-state index contributed by atoms with van der Waals surface area (Å²) in [6.07, 6.45) is 0.325. The highest BCUT2D eigenvalue weighted by Crippen LogP contribution is 2.08. The SMILES string of the molecule is CCN(CC(N)=S)C(=O)CCOc1ccccc1. The van der Waals surface area contributed by atoms with Crippen LogP contribution < -0.4 is 10.5 Å². The van der Waals surface area contributed by atoms with E-state index in [2.05, 4.69) is 0 Å². The van der Waals surface area contributed by atoms with Crippen molar-refractivity contribution in [1.82, 2.24) is 4.90 Å². The maximum absolute atomic E-state index is 11.8. The maximum atomic E-state index is 11.8. The van der Waals surface area contributed by atoms with Gasteiger partial charge in [0.1, 0.15) is 5.75 Å². The maximum Gasteiger partial charge on any atom is 0.226 e. The quantitative estimate of drug-likeness (QED) is 0.761. The third-order valence-electron chi connectivity index (χ3n) is 2.41. The van der Waals surface area contributed by atoms with E-state index in [0.29, 0.717) is 31.1 Å². The minimum Gasteiger partial charge on any atom is -0.493 e. The Labute approximate surface area is 113 Å². The second-order valence-electron chi connectivity index (χ2n) is 3.79. The molecule has 0 spiro atoms. The highest BCUT2D eigenvalue weighted by Gasteiger charge is 2.12. The molecule has 4 nitrogen and oxygen atoms in total. The molecule has 0 fully saturated rings. The minimum atomic E-state index is 0.00114. The first-order valence-electron chi connectivity index (χ1n) is 5.87. The summed E-state index contributed by atoms with van der Waals surface area (Å²) in [6.45, 7) is 3.18. The van der Waals surface area contributed by atoms with Gasteiger partial charge in [-0.2, -0.15) is 0 Å². The van der Waals surface area contributed by atoms with Crippen LogP contribution in [0.25, 0.3) is 0 Å². The van der Waals surface area contributed by atoms with Crippen molar-refractivity contribution in [3.8, 4) is 5.75 Å². The molecule has 0 radical (unpaired) electrons. The lowest BCUT2D eigenvalue weighted by atomic mass is 10.3. The number of hydrogen-bond acceptors (Lipinski definition) is 3. The first-order valence-corrected chi connectivity index (χ1v) is 6.28. The lowest BCUT2D eigenvalue weighted by Gasteiger charge is -2.20. The van der Waals surface area contributed by atoms with Crippen LogP contribution in [0.4, 0.5) is 0 Å². The van der Waals surface area contributed by atoms with E-state index in [9.17, 15) is 4.79 Å². The molecule has 1 aromatic rings. The zero-order valence-electron chi connectivity index (χ0n) is 10.5. The van der Waals surface area contributed by atoms with Crippen LogP contribution >= 0.6 is 12.2 Å². The predicted octanol–water partition coefficient (Wildman–Crippen LogP) is 1.59.